The van der Waals surface area contributed by atoms with Gasteiger partial charge in [0.15, 0.2) is 9.84 Å². The summed E-state index contributed by atoms with van der Waals surface area (Å²) >= 11 is 0. The van der Waals surface area contributed by atoms with Crippen molar-refractivity contribution >= 4 is 33.4 Å². The van der Waals surface area contributed by atoms with Gasteiger partial charge < -0.3 is 10.2 Å². The third-order valence-electron chi connectivity index (χ3n) is 3.88. The van der Waals surface area contributed by atoms with E-state index in [1.165, 1.54) is 48.4 Å². The second-order valence-corrected chi connectivity index (χ2v) is 8.27. The second kappa shape index (κ2) is 8.09. The average molecular weight is 381 g/mol. The Hall–Kier alpha value is -2.75. The van der Waals surface area contributed by atoms with Crippen LogP contribution in [0.5, 0.6) is 0 Å². The highest BCUT2D eigenvalue weighted by Crippen LogP contribution is 2.13. The number of carbonyl (C=O) groups excluding carboxylic acids is 2. The number of non-ortho nitro benzene ring substituents is 1. The Bertz CT molecular complexity index is 832. The van der Waals surface area contributed by atoms with Gasteiger partial charge in [-0.1, -0.05) is 0 Å². The van der Waals surface area contributed by atoms with Crippen molar-refractivity contribution in [3.63, 3.8) is 0 Å². The molecule has 0 spiro atoms. The fourth-order valence-corrected chi connectivity index (χ4v) is 4.15. The minimum atomic E-state index is -3.08. The lowest BCUT2D eigenvalue weighted by Gasteiger charge is -2.17. The zero-order valence-electron chi connectivity index (χ0n) is 14.1. The molecule has 0 aliphatic carbocycles. The molecule has 140 valence electrons. The molecule has 2 rings (SSSR count). The highest BCUT2D eigenvalue weighted by Gasteiger charge is 2.29. The number of hydrogen-bond donors (Lipinski definition) is 1. The van der Waals surface area contributed by atoms with E-state index >= 15 is 0 Å². The van der Waals surface area contributed by atoms with Crippen molar-refractivity contribution in [1.29, 1.82) is 0 Å². The Morgan fingerprint density at radius 1 is 1.35 bits per heavy atom. The van der Waals surface area contributed by atoms with Crippen molar-refractivity contribution in [3.8, 4) is 0 Å². The van der Waals surface area contributed by atoms with Crippen LogP contribution >= 0.6 is 0 Å². The molecule has 0 radical (unpaired) electrons. The first-order valence-electron chi connectivity index (χ1n) is 7.84. The zero-order chi connectivity index (χ0) is 19.3. The Balaban J connectivity index is 1.84. The van der Waals surface area contributed by atoms with Crippen molar-refractivity contribution in [1.82, 2.24) is 10.2 Å². The van der Waals surface area contributed by atoms with E-state index in [0.29, 0.717) is 12.0 Å². The lowest BCUT2D eigenvalue weighted by atomic mass is 10.2. The summed E-state index contributed by atoms with van der Waals surface area (Å²) in [6.45, 7) is -0.194. The summed E-state index contributed by atoms with van der Waals surface area (Å²) in [5.41, 5.74) is 0.564. The molecule has 9 nitrogen and oxygen atoms in total. The van der Waals surface area contributed by atoms with Crippen LogP contribution < -0.4 is 5.32 Å². The molecule has 0 saturated carbocycles. The van der Waals surface area contributed by atoms with Crippen LogP contribution in [0.1, 0.15) is 12.0 Å². The van der Waals surface area contributed by atoms with Gasteiger partial charge in [0.2, 0.25) is 11.8 Å². The first-order chi connectivity index (χ1) is 12.2. The Kier molecular flexibility index (Phi) is 6.09. The number of benzene rings is 1. The van der Waals surface area contributed by atoms with Crippen molar-refractivity contribution in [2.75, 3.05) is 25.1 Å². The van der Waals surface area contributed by atoms with E-state index in [9.17, 15) is 28.1 Å². The van der Waals surface area contributed by atoms with E-state index in [0.717, 1.165) is 0 Å². The topological polar surface area (TPSA) is 127 Å². The molecular weight excluding hydrogens is 362 g/mol. The number of sulfone groups is 1. The number of nitro benzene ring substituents is 1. The molecule has 1 aromatic carbocycles. The highest BCUT2D eigenvalue weighted by molar-refractivity contribution is 7.91. The Labute approximate surface area is 150 Å². The van der Waals surface area contributed by atoms with Gasteiger partial charge in [-0.15, -0.1) is 0 Å². The van der Waals surface area contributed by atoms with Crippen LogP contribution in [0.2, 0.25) is 0 Å². The molecule has 1 unspecified atom stereocenters. The van der Waals surface area contributed by atoms with Gasteiger partial charge >= 0.3 is 0 Å². The molecule has 1 aliphatic rings. The molecule has 1 aliphatic heterocycles. The molecule has 10 heteroatoms. The number of likely N-dealkylation sites (N-methyl/N-ethyl adjacent to an activating group) is 1. The Morgan fingerprint density at radius 3 is 2.54 bits per heavy atom. The van der Waals surface area contributed by atoms with Crippen LogP contribution in [-0.4, -0.2) is 61.2 Å². The number of nitrogens with one attached hydrogen (secondary N) is 1. The Morgan fingerprint density at radius 2 is 2.00 bits per heavy atom. The van der Waals surface area contributed by atoms with Crippen molar-refractivity contribution < 1.29 is 22.9 Å². The van der Waals surface area contributed by atoms with Crippen molar-refractivity contribution in [2.45, 2.75) is 12.5 Å². The van der Waals surface area contributed by atoms with Gasteiger partial charge in [0.05, 0.1) is 23.0 Å². The summed E-state index contributed by atoms with van der Waals surface area (Å²) in [6, 6.07) is 5.27. The van der Waals surface area contributed by atoms with E-state index in [1.807, 2.05) is 0 Å². The third kappa shape index (κ3) is 5.66. The van der Waals surface area contributed by atoms with Crippen molar-refractivity contribution in [2.24, 2.45) is 0 Å². The lowest BCUT2D eigenvalue weighted by Crippen LogP contribution is -2.42. The van der Waals surface area contributed by atoms with E-state index in [-0.39, 0.29) is 23.7 Å². The fourth-order valence-electron chi connectivity index (χ4n) is 2.48. The number of nitrogens with zero attached hydrogens (tertiary/aromatic N) is 2. The summed E-state index contributed by atoms with van der Waals surface area (Å²) in [4.78, 5) is 35.2. The van der Waals surface area contributed by atoms with E-state index in [2.05, 4.69) is 5.32 Å². The summed E-state index contributed by atoms with van der Waals surface area (Å²) in [7, 11) is -1.63. The third-order valence-corrected chi connectivity index (χ3v) is 5.64. The van der Waals surface area contributed by atoms with Crippen LogP contribution in [-0.2, 0) is 19.4 Å². The number of hydrogen-bond acceptors (Lipinski definition) is 6. The SMILES string of the molecule is CN(CC(=O)NC1CCS(=O)(=O)C1)C(=O)C=Cc1ccc([N+](=O)[O-])cc1. The van der Waals surface area contributed by atoms with Gasteiger partial charge in [0.25, 0.3) is 5.69 Å². The molecule has 1 heterocycles. The number of carbonyl (C=O) groups is 2. The van der Waals surface area contributed by atoms with Crippen LogP contribution in [0.3, 0.4) is 0 Å². The maximum Gasteiger partial charge on any atom is 0.269 e. The first kappa shape index (κ1) is 19.6. The molecular formula is C16H19N3O6S. The average Bonchev–Trinajstić information content (AvgIpc) is 2.91. The summed E-state index contributed by atoms with van der Waals surface area (Å²) < 4.78 is 22.7. The molecule has 0 aromatic heterocycles. The van der Waals surface area contributed by atoms with E-state index < -0.39 is 32.6 Å². The maximum atomic E-state index is 12.0. The van der Waals surface area contributed by atoms with Crippen LogP contribution in [0.15, 0.2) is 30.3 Å². The van der Waals surface area contributed by atoms with Gasteiger partial charge in [-0.3, -0.25) is 19.7 Å². The first-order valence-corrected chi connectivity index (χ1v) is 9.66. The van der Waals surface area contributed by atoms with Gasteiger partial charge in [0, 0.05) is 31.3 Å². The van der Waals surface area contributed by atoms with E-state index in [4.69, 9.17) is 0 Å². The monoisotopic (exact) mass is 381 g/mol. The molecule has 26 heavy (non-hydrogen) atoms. The van der Waals surface area contributed by atoms with Gasteiger partial charge in [-0.25, -0.2) is 8.42 Å². The fraction of sp³-hybridized carbons (Fsp3) is 0.375. The molecule has 0 bridgehead atoms. The summed E-state index contributed by atoms with van der Waals surface area (Å²) in [5.74, 6) is -0.856. The number of amides is 2. The predicted molar refractivity (Wildman–Crippen MR) is 95.0 cm³/mol. The van der Waals surface area contributed by atoms with Gasteiger partial charge in [-0.05, 0) is 30.2 Å². The number of nitro groups is 1. The minimum absolute atomic E-state index is 0.0452. The second-order valence-electron chi connectivity index (χ2n) is 6.04. The standard InChI is InChI=1S/C16H19N3O6S/c1-18(10-15(20)17-13-8-9-26(24,25)11-13)16(21)7-4-12-2-5-14(6-3-12)19(22)23/h2-7,13H,8-11H2,1H3,(H,17,20). The van der Waals surface area contributed by atoms with Gasteiger partial charge in [0.1, 0.15) is 0 Å². The van der Waals surface area contributed by atoms with Crippen LogP contribution in [0.25, 0.3) is 6.08 Å². The summed E-state index contributed by atoms with van der Waals surface area (Å²) in [5, 5.41) is 13.2. The molecule has 1 saturated heterocycles. The van der Waals surface area contributed by atoms with Gasteiger partial charge in [-0.2, -0.15) is 0 Å². The normalized spacial score (nSPS) is 18.6. The van der Waals surface area contributed by atoms with Crippen LogP contribution in [0.4, 0.5) is 5.69 Å². The molecule has 1 N–H and O–H groups in total. The minimum Gasteiger partial charge on any atom is -0.351 e. The molecule has 1 aromatic rings. The quantitative estimate of drug-likeness (QED) is 0.431. The maximum absolute atomic E-state index is 12.0. The zero-order valence-corrected chi connectivity index (χ0v) is 14.9. The highest BCUT2D eigenvalue weighted by atomic mass is 32.2. The van der Waals surface area contributed by atoms with Crippen LogP contribution in [0, 0.1) is 10.1 Å². The van der Waals surface area contributed by atoms with Crippen molar-refractivity contribution in [3.05, 3.63) is 46.0 Å². The smallest absolute Gasteiger partial charge is 0.269 e. The van der Waals surface area contributed by atoms with E-state index in [1.54, 1.807) is 0 Å². The lowest BCUT2D eigenvalue weighted by molar-refractivity contribution is -0.384. The number of rotatable bonds is 6. The predicted octanol–water partition coefficient (Wildman–Crippen LogP) is 0.370. The molecule has 1 fully saturated rings. The molecule has 2 amide bonds. The largest absolute Gasteiger partial charge is 0.351 e. The summed E-state index contributed by atoms with van der Waals surface area (Å²) in [6.07, 6.45) is 3.13. The molecule has 1 atom stereocenters.